The maximum absolute atomic E-state index is 13.4. The van der Waals surface area contributed by atoms with Crippen molar-refractivity contribution < 1.29 is 19.1 Å². The topological polar surface area (TPSA) is 129 Å². The van der Waals surface area contributed by atoms with Crippen molar-refractivity contribution in [3.05, 3.63) is 66.6 Å². The van der Waals surface area contributed by atoms with Crippen LogP contribution in [0.2, 0.25) is 0 Å². The number of fused-ring (bicyclic) bond motifs is 3. The zero-order valence-electron chi connectivity index (χ0n) is 31.2. The number of carbonyl (C=O) groups excluding carboxylic acids is 2. The van der Waals surface area contributed by atoms with E-state index in [1.165, 1.54) is 6.42 Å². The highest BCUT2D eigenvalue weighted by molar-refractivity contribution is 5.72. The van der Waals surface area contributed by atoms with E-state index in [4.69, 9.17) is 24.4 Å². The van der Waals surface area contributed by atoms with Crippen LogP contribution in [0, 0.1) is 11.8 Å². The van der Waals surface area contributed by atoms with Crippen molar-refractivity contribution in [2.24, 2.45) is 11.8 Å². The van der Waals surface area contributed by atoms with Gasteiger partial charge in [0.2, 0.25) is 0 Å². The molecule has 6 atom stereocenters. The highest BCUT2D eigenvalue weighted by Gasteiger charge is 2.51. The summed E-state index contributed by atoms with van der Waals surface area (Å²) in [6.45, 7) is 11.5. The summed E-state index contributed by atoms with van der Waals surface area (Å²) in [5.41, 5.74) is 4.52. The molecule has 0 spiro atoms. The smallest absolute Gasteiger partial charge is 0.411 e. The fraction of sp³-hybridized carbons (Fsp3) is 0.537. The molecule has 2 N–H and O–H groups in total. The Balaban J connectivity index is 0.956. The maximum Gasteiger partial charge on any atom is 0.411 e. The SMILES string of the molecule is CC(C)(C)OC(=O)N1C2CCC(C2)[C@H]1c1ncc(-c2ccc(-c3ccc(-c4cnc([C@@H]5CC6CCCCC6N5C(=O)OC(C)(C)C)[nH]4)cc3)nc2)[nH]1. The van der Waals surface area contributed by atoms with Crippen LogP contribution in [0.5, 0.6) is 0 Å². The zero-order chi connectivity index (χ0) is 36.4. The van der Waals surface area contributed by atoms with Gasteiger partial charge in [-0.2, -0.15) is 0 Å². The third-order valence-corrected chi connectivity index (χ3v) is 11.2. The number of aromatic nitrogens is 5. The van der Waals surface area contributed by atoms with E-state index in [0.29, 0.717) is 11.8 Å². The molecular formula is C41H51N7O4. The van der Waals surface area contributed by atoms with Crippen molar-refractivity contribution in [3.8, 4) is 33.8 Å². The molecule has 11 heteroatoms. The normalized spacial score (nSPS) is 25.7. The Hall–Kier alpha value is -4.67. The third-order valence-electron chi connectivity index (χ3n) is 11.2. The summed E-state index contributed by atoms with van der Waals surface area (Å²) in [5.74, 6) is 2.48. The van der Waals surface area contributed by atoms with E-state index in [1.54, 1.807) is 0 Å². The number of nitrogens with zero attached hydrogens (tertiary/aromatic N) is 5. The number of hydrogen-bond donors (Lipinski definition) is 2. The Morgan fingerprint density at radius 1 is 0.654 bits per heavy atom. The van der Waals surface area contributed by atoms with Crippen molar-refractivity contribution in [2.45, 2.75) is 128 Å². The van der Waals surface area contributed by atoms with Crippen molar-refractivity contribution in [2.75, 3.05) is 0 Å². The summed E-state index contributed by atoms with van der Waals surface area (Å²) >= 11 is 0. The summed E-state index contributed by atoms with van der Waals surface area (Å²) in [6, 6.07) is 12.6. The van der Waals surface area contributed by atoms with Crippen molar-refractivity contribution >= 4 is 12.2 Å². The van der Waals surface area contributed by atoms with Crippen LogP contribution in [-0.2, 0) is 9.47 Å². The summed E-state index contributed by atoms with van der Waals surface area (Å²) in [5, 5.41) is 0. The van der Waals surface area contributed by atoms with Crippen LogP contribution in [0.25, 0.3) is 33.8 Å². The number of rotatable bonds is 5. The molecule has 52 heavy (non-hydrogen) atoms. The molecule has 5 heterocycles. The molecule has 8 rings (SSSR count). The van der Waals surface area contributed by atoms with Crippen molar-refractivity contribution in [1.29, 1.82) is 0 Å². The Kier molecular flexibility index (Phi) is 8.65. The number of aromatic amines is 2. The van der Waals surface area contributed by atoms with Crippen LogP contribution in [0.1, 0.15) is 117 Å². The number of benzene rings is 1. The van der Waals surface area contributed by atoms with E-state index in [9.17, 15) is 9.59 Å². The second-order valence-corrected chi connectivity index (χ2v) is 17.2. The van der Waals surface area contributed by atoms with Gasteiger partial charge in [-0.15, -0.1) is 0 Å². The lowest BCUT2D eigenvalue weighted by molar-refractivity contribution is 0.00593. The van der Waals surface area contributed by atoms with Gasteiger partial charge in [-0.25, -0.2) is 19.6 Å². The minimum absolute atomic E-state index is 0.106. The Bertz CT molecular complexity index is 1920. The zero-order valence-corrected chi connectivity index (χ0v) is 31.2. The number of carbonyl (C=O) groups is 2. The van der Waals surface area contributed by atoms with Gasteiger partial charge in [0, 0.05) is 29.4 Å². The Morgan fingerprint density at radius 2 is 1.27 bits per heavy atom. The highest BCUT2D eigenvalue weighted by atomic mass is 16.6. The fourth-order valence-electron chi connectivity index (χ4n) is 9.03. The number of ether oxygens (including phenoxy) is 2. The minimum Gasteiger partial charge on any atom is -0.444 e. The molecule has 2 saturated heterocycles. The number of likely N-dealkylation sites (tertiary alicyclic amines) is 2. The van der Waals surface area contributed by atoms with Gasteiger partial charge in [-0.1, -0.05) is 37.1 Å². The first-order chi connectivity index (χ1) is 24.8. The van der Waals surface area contributed by atoms with Gasteiger partial charge in [-0.05, 0) is 110 Å². The molecule has 2 amide bonds. The van der Waals surface area contributed by atoms with Gasteiger partial charge in [0.1, 0.15) is 22.9 Å². The second-order valence-electron chi connectivity index (χ2n) is 17.2. The summed E-state index contributed by atoms with van der Waals surface area (Å²) in [6.07, 6.45) is 13.6. The van der Waals surface area contributed by atoms with Crippen LogP contribution in [-0.4, -0.2) is 70.2 Å². The van der Waals surface area contributed by atoms with Gasteiger partial charge in [0.25, 0.3) is 0 Å². The van der Waals surface area contributed by atoms with Crippen LogP contribution in [0.4, 0.5) is 9.59 Å². The molecule has 4 fully saturated rings. The summed E-state index contributed by atoms with van der Waals surface area (Å²) < 4.78 is 11.7. The Morgan fingerprint density at radius 3 is 1.96 bits per heavy atom. The van der Waals surface area contributed by atoms with E-state index in [0.717, 1.165) is 90.4 Å². The third kappa shape index (κ3) is 6.70. The number of H-pyrrole nitrogens is 2. The predicted molar refractivity (Wildman–Crippen MR) is 198 cm³/mol. The number of hydrogen-bond acceptors (Lipinski definition) is 7. The van der Waals surface area contributed by atoms with Crippen LogP contribution in [0.15, 0.2) is 55.0 Å². The molecule has 1 aromatic carbocycles. The average Bonchev–Trinajstić information content (AvgIpc) is 3.94. The minimum atomic E-state index is -0.551. The van der Waals surface area contributed by atoms with Gasteiger partial charge in [0.05, 0.1) is 41.6 Å². The first-order valence-corrected chi connectivity index (χ1v) is 19.0. The number of imidazole rings is 2. The molecule has 2 aliphatic carbocycles. The van der Waals surface area contributed by atoms with Crippen LogP contribution >= 0.6 is 0 Å². The van der Waals surface area contributed by atoms with Crippen molar-refractivity contribution in [1.82, 2.24) is 34.7 Å². The van der Waals surface area contributed by atoms with Crippen LogP contribution < -0.4 is 0 Å². The molecule has 2 aliphatic heterocycles. The number of amides is 2. The number of nitrogens with one attached hydrogen (secondary N) is 2. The van der Waals surface area contributed by atoms with Gasteiger partial charge in [0.15, 0.2) is 0 Å². The summed E-state index contributed by atoms with van der Waals surface area (Å²) in [7, 11) is 0. The van der Waals surface area contributed by atoms with Crippen molar-refractivity contribution in [3.63, 3.8) is 0 Å². The van der Waals surface area contributed by atoms with Gasteiger partial charge >= 0.3 is 12.2 Å². The number of pyridine rings is 1. The quantitative estimate of drug-likeness (QED) is 0.212. The highest BCUT2D eigenvalue weighted by Crippen LogP contribution is 2.50. The molecule has 4 aliphatic rings. The van der Waals surface area contributed by atoms with Gasteiger partial charge < -0.3 is 19.4 Å². The molecule has 3 aromatic heterocycles. The van der Waals surface area contributed by atoms with E-state index in [-0.39, 0.29) is 36.4 Å². The van der Waals surface area contributed by atoms with Crippen LogP contribution in [0.3, 0.4) is 0 Å². The molecular weight excluding hydrogens is 654 g/mol. The molecule has 4 unspecified atom stereocenters. The first-order valence-electron chi connectivity index (χ1n) is 19.0. The average molecular weight is 706 g/mol. The standard InChI is InChI=1S/C41H51N7O4/c1-40(2,3)51-38(49)47-29-17-15-27(19-29)35(47)37-44-23-32(46-37)28-16-18-30(42-21-28)24-11-13-25(14-12-24)31-22-43-36(45-31)34-20-26-9-7-8-10-33(26)48(34)39(50)52-41(4,5)6/h11-14,16,18,21-23,26-27,29,33-35H,7-10,15,17,19-20H2,1-6H3,(H,43,45)(H,44,46)/t26?,27?,29?,33?,34-,35-/m0/s1. The molecule has 274 valence electrons. The molecule has 2 saturated carbocycles. The lowest BCUT2D eigenvalue weighted by Gasteiger charge is -2.35. The van der Waals surface area contributed by atoms with E-state index in [1.807, 2.05) is 76.0 Å². The summed E-state index contributed by atoms with van der Waals surface area (Å²) in [4.78, 5) is 51.9. The fourth-order valence-corrected chi connectivity index (χ4v) is 9.03. The lowest BCUT2D eigenvalue weighted by Crippen LogP contribution is -2.43. The monoisotopic (exact) mass is 705 g/mol. The number of piperidine rings is 1. The second kappa shape index (κ2) is 13.1. The molecule has 2 bridgehead atoms. The largest absolute Gasteiger partial charge is 0.444 e. The molecule has 11 nitrogen and oxygen atoms in total. The first kappa shape index (κ1) is 34.4. The van der Waals surface area contributed by atoms with E-state index < -0.39 is 11.2 Å². The molecule has 0 radical (unpaired) electrons. The molecule has 4 aromatic rings. The van der Waals surface area contributed by atoms with E-state index in [2.05, 4.69) is 40.3 Å². The Labute approximate surface area is 305 Å². The van der Waals surface area contributed by atoms with E-state index >= 15 is 0 Å². The van der Waals surface area contributed by atoms with Gasteiger partial charge in [-0.3, -0.25) is 14.8 Å². The maximum atomic E-state index is 13.4. The lowest BCUT2D eigenvalue weighted by atomic mass is 9.85. The predicted octanol–water partition coefficient (Wildman–Crippen LogP) is 9.23.